The van der Waals surface area contributed by atoms with Crippen LogP contribution in [0.15, 0.2) is 0 Å². The van der Waals surface area contributed by atoms with Gasteiger partial charge in [-0.1, -0.05) is 0 Å². The number of fused-ring (bicyclic) bond motifs is 1. The topological polar surface area (TPSA) is 121 Å². The molecule has 124 valence electrons. The first-order valence-electron chi connectivity index (χ1n) is 7.22. The highest BCUT2D eigenvalue weighted by molar-refractivity contribution is 5.68. The first-order chi connectivity index (χ1) is 10.5. The third kappa shape index (κ3) is 3.08. The first-order valence-corrected chi connectivity index (χ1v) is 7.22. The first kappa shape index (κ1) is 15.3. The summed E-state index contributed by atoms with van der Waals surface area (Å²) in [5.74, 6) is 0. The highest BCUT2D eigenvalue weighted by Crippen LogP contribution is 2.29. The molecule has 3 aliphatic heterocycles. The van der Waals surface area contributed by atoms with Gasteiger partial charge in [-0.05, 0) is 12.8 Å². The van der Waals surface area contributed by atoms with E-state index in [1.807, 2.05) is 0 Å². The molecule has 0 aliphatic carbocycles. The van der Waals surface area contributed by atoms with Gasteiger partial charge in [-0.15, -0.1) is 10.1 Å². The monoisotopic (exact) mass is 318 g/mol. The lowest BCUT2D eigenvalue weighted by molar-refractivity contribution is -0.769. The summed E-state index contributed by atoms with van der Waals surface area (Å²) < 4.78 is 16.2. The number of nitrogens with zero attached hydrogens (tertiary/aromatic N) is 2. The van der Waals surface area contributed by atoms with Crippen molar-refractivity contribution in [2.45, 2.75) is 43.4 Å². The summed E-state index contributed by atoms with van der Waals surface area (Å²) in [5.41, 5.74) is 0. The Kier molecular flexibility index (Phi) is 4.32. The molecule has 0 aromatic heterocycles. The molecule has 0 spiro atoms. The molecule has 3 heterocycles. The minimum absolute atomic E-state index is 0.174. The second-order valence-electron chi connectivity index (χ2n) is 5.60. The molecule has 0 unspecified atom stereocenters. The fraction of sp³-hybridized carbons (Fsp3) is 0.917. The minimum Gasteiger partial charge on any atom is -0.441 e. The zero-order valence-electron chi connectivity index (χ0n) is 11.8. The van der Waals surface area contributed by atoms with E-state index in [0.29, 0.717) is 25.9 Å². The third-order valence-electron chi connectivity index (χ3n) is 4.17. The van der Waals surface area contributed by atoms with Crippen molar-refractivity contribution in [1.29, 1.82) is 0 Å². The second kappa shape index (κ2) is 6.23. The van der Waals surface area contributed by atoms with Gasteiger partial charge >= 0.3 is 6.09 Å². The van der Waals surface area contributed by atoms with Crippen LogP contribution in [0.5, 0.6) is 0 Å². The molecule has 10 nitrogen and oxygen atoms in total. The standard InChI is InChI=1S/C12H18N2O8/c15-8-5-19-11-9(6-20-10(8)11)21-12(16)13-3-1-7(2-4-13)22-14(17)18/h7-11,15H,1-6H2/t8-,9-,10-,11-/m1/s1. The molecule has 3 rings (SSSR count). The van der Waals surface area contributed by atoms with E-state index in [-0.39, 0.29) is 13.2 Å². The van der Waals surface area contributed by atoms with Crippen LogP contribution in [0.1, 0.15) is 12.8 Å². The number of piperidine rings is 1. The van der Waals surface area contributed by atoms with Crippen molar-refractivity contribution in [3.8, 4) is 0 Å². The van der Waals surface area contributed by atoms with E-state index in [0.717, 1.165) is 0 Å². The largest absolute Gasteiger partial charge is 0.441 e. The molecule has 0 radical (unpaired) electrons. The summed E-state index contributed by atoms with van der Waals surface area (Å²) in [4.78, 5) is 28.4. The summed E-state index contributed by atoms with van der Waals surface area (Å²) in [6, 6.07) is 0. The number of hydrogen-bond donors (Lipinski definition) is 1. The van der Waals surface area contributed by atoms with Crippen LogP contribution in [0.3, 0.4) is 0 Å². The normalized spacial score (nSPS) is 35.2. The van der Waals surface area contributed by atoms with Crippen LogP contribution in [0, 0.1) is 10.1 Å². The minimum atomic E-state index is -0.808. The van der Waals surface area contributed by atoms with Gasteiger partial charge in [0.2, 0.25) is 0 Å². The van der Waals surface area contributed by atoms with Gasteiger partial charge in [0.05, 0.1) is 13.2 Å². The van der Waals surface area contributed by atoms with Gasteiger partial charge in [-0.2, -0.15) is 0 Å². The quantitative estimate of drug-likeness (QED) is 0.537. The van der Waals surface area contributed by atoms with Gasteiger partial charge in [0, 0.05) is 13.1 Å². The molecule has 0 aromatic carbocycles. The second-order valence-corrected chi connectivity index (χ2v) is 5.60. The highest BCUT2D eigenvalue weighted by Gasteiger charge is 2.49. The van der Waals surface area contributed by atoms with Gasteiger partial charge in [0.1, 0.15) is 24.4 Å². The Morgan fingerprint density at radius 3 is 2.59 bits per heavy atom. The predicted molar refractivity (Wildman–Crippen MR) is 68.4 cm³/mol. The number of aliphatic hydroxyl groups is 1. The van der Waals surface area contributed by atoms with E-state index in [1.165, 1.54) is 4.90 Å². The van der Waals surface area contributed by atoms with Crippen LogP contribution in [-0.2, 0) is 19.0 Å². The van der Waals surface area contributed by atoms with Crippen molar-refractivity contribution in [1.82, 2.24) is 4.90 Å². The number of likely N-dealkylation sites (tertiary alicyclic amines) is 1. The lowest BCUT2D eigenvalue weighted by atomic mass is 10.1. The average Bonchev–Trinajstić information content (AvgIpc) is 3.03. The summed E-state index contributed by atoms with van der Waals surface area (Å²) in [5, 5.41) is 19.1. The van der Waals surface area contributed by atoms with E-state index in [2.05, 4.69) is 4.84 Å². The number of aliphatic hydroxyl groups excluding tert-OH is 1. The van der Waals surface area contributed by atoms with Crippen LogP contribution in [0.25, 0.3) is 0 Å². The Balaban J connectivity index is 1.46. The van der Waals surface area contributed by atoms with E-state index in [4.69, 9.17) is 14.2 Å². The molecule has 1 N–H and O–H groups in total. The number of hydrogen-bond acceptors (Lipinski definition) is 8. The Morgan fingerprint density at radius 2 is 1.91 bits per heavy atom. The van der Waals surface area contributed by atoms with Gasteiger partial charge in [0.15, 0.2) is 6.10 Å². The van der Waals surface area contributed by atoms with Crippen LogP contribution < -0.4 is 0 Å². The molecule has 0 aromatic rings. The van der Waals surface area contributed by atoms with E-state index < -0.39 is 41.7 Å². The zero-order chi connectivity index (χ0) is 15.7. The number of carbonyl (C=O) groups is 1. The Labute approximate surface area is 126 Å². The number of ether oxygens (including phenoxy) is 3. The van der Waals surface area contributed by atoms with Gasteiger partial charge in [-0.3, -0.25) is 0 Å². The molecule has 3 fully saturated rings. The molecule has 3 saturated heterocycles. The summed E-state index contributed by atoms with van der Waals surface area (Å²) in [6.45, 7) is 1.04. The van der Waals surface area contributed by atoms with E-state index >= 15 is 0 Å². The Hall–Kier alpha value is -1.65. The molecular weight excluding hydrogens is 300 g/mol. The van der Waals surface area contributed by atoms with Crippen molar-refractivity contribution in [2.75, 3.05) is 26.3 Å². The van der Waals surface area contributed by atoms with Crippen molar-refractivity contribution < 1.29 is 34.0 Å². The fourth-order valence-corrected chi connectivity index (χ4v) is 3.01. The average molecular weight is 318 g/mol. The Morgan fingerprint density at radius 1 is 1.23 bits per heavy atom. The molecule has 3 aliphatic rings. The summed E-state index contributed by atoms with van der Waals surface area (Å²) >= 11 is 0. The molecule has 10 heteroatoms. The van der Waals surface area contributed by atoms with Gasteiger partial charge in [0.25, 0.3) is 5.09 Å². The molecule has 0 saturated carbocycles. The van der Waals surface area contributed by atoms with Crippen molar-refractivity contribution >= 4 is 6.09 Å². The van der Waals surface area contributed by atoms with Crippen LogP contribution >= 0.6 is 0 Å². The number of rotatable bonds is 3. The lowest BCUT2D eigenvalue weighted by Crippen LogP contribution is -2.44. The molecule has 0 bridgehead atoms. The van der Waals surface area contributed by atoms with Crippen LogP contribution in [0.4, 0.5) is 4.79 Å². The SMILES string of the molecule is O=C(O[C@@H]1CO[C@H]2[C@@H]1OC[C@H]2O)N1CCC(O[N+](=O)[O-])CC1. The van der Waals surface area contributed by atoms with E-state index in [9.17, 15) is 20.0 Å². The maximum Gasteiger partial charge on any atom is 0.410 e. The lowest BCUT2D eigenvalue weighted by Gasteiger charge is -2.31. The van der Waals surface area contributed by atoms with Crippen molar-refractivity contribution in [3.05, 3.63) is 10.1 Å². The zero-order valence-corrected chi connectivity index (χ0v) is 11.8. The molecule has 1 amide bonds. The number of amides is 1. The number of carbonyl (C=O) groups excluding carboxylic acids is 1. The smallest absolute Gasteiger partial charge is 0.410 e. The van der Waals surface area contributed by atoms with Crippen molar-refractivity contribution in [3.63, 3.8) is 0 Å². The van der Waals surface area contributed by atoms with Gasteiger partial charge < -0.3 is 29.1 Å². The van der Waals surface area contributed by atoms with Crippen molar-refractivity contribution in [2.24, 2.45) is 0 Å². The summed E-state index contributed by atoms with van der Waals surface area (Å²) in [6.07, 6.45) is -2.32. The fourth-order valence-electron chi connectivity index (χ4n) is 3.01. The van der Waals surface area contributed by atoms with Gasteiger partial charge in [-0.25, -0.2) is 4.79 Å². The Bertz CT molecular complexity index is 439. The maximum absolute atomic E-state index is 12.1. The van der Waals surface area contributed by atoms with E-state index in [1.54, 1.807) is 0 Å². The third-order valence-corrected chi connectivity index (χ3v) is 4.17. The molecule has 22 heavy (non-hydrogen) atoms. The molecule has 4 atom stereocenters. The molecular formula is C12H18N2O8. The summed E-state index contributed by atoms with van der Waals surface area (Å²) in [7, 11) is 0. The predicted octanol–water partition coefficient (Wildman–Crippen LogP) is -0.677. The maximum atomic E-state index is 12.1. The van der Waals surface area contributed by atoms with Crippen LogP contribution in [0.2, 0.25) is 0 Å². The van der Waals surface area contributed by atoms with Crippen LogP contribution in [-0.4, -0.2) is 78.0 Å². The highest BCUT2D eigenvalue weighted by atomic mass is 17.0.